The summed E-state index contributed by atoms with van der Waals surface area (Å²) in [7, 11) is 0. The normalized spacial score (nSPS) is 19.0. The van der Waals surface area contributed by atoms with Gasteiger partial charge in [-0.2, -0.15) is 0 Å². The van der Waals surface area contributed by atoms with Crippen LogP contribution >= 0.6 is 0 Å². The minimum Gasteiger partial charge on any atom is -0.444 e. The molecule has 1 atom stereocenters. The minimum atomic E-state index is -0.209. The van der Waals surface area contributed by atoms with Gasteiger partial charge in [-0.1, -0.05) is 36.8 Å². The fraction of sp³-hybridized carbons (Fsp3) is 0.462. The van der Waals surface area contributed by atoms with Gasteiger partial charge in [-0.3, -0.25) is 9.69 Å². The van der Waals surface area contributed by atoms with Crippen molar-refractivity contribution in [1.29, 1.82) is 0 Å². The van der Waals surface area contributed by atoms with Gasteiger partial charge in [-0.25, -0.2) is 0 Å². The van der Waals surface area contributed by atoms with E-state index in [4.69, 9.17) is 4.74 Å². The zero-order chi connectivity index (χ0) is 11.2. The second-order valence-corrected chi connectivity index (χ2v) is 4.09. The Morgan fingerprint density at radius 3 is 2.44 bits per heavy atom. The van der Waals surface area contributed by atoms with Crippen molar-refractivity contribution in [3.63, 3.8) is 0 Å². The predicted molar refractivity (Wildman–Crippen MR) is 61.8 cm³/mol. The molecule has 1 aromatic rings. The molecular weight excluding hydrogens is 202 g/mol. The lowest BCUT2D eigenvalue weighted by Crippen LogP contribution is -2.35. The Morgan fingerprint density at radius 1 is 1.12 bits per heavy atom. The maximum atomic E-state index is 10.6. The number of rotatable bonds is 4. The standard InChI is InChI=1S/C13H17NO2/c15-11-16-13(12-7-3-1-4-8-12)14-9-5-2-6-10-14/h1,3-4,7-8,11,13H,2,5-6,9-10H2. The molecule has 0 aromatic heterocycles. The zero-order valence-corrected chi connectivity index (χ0v) is 9.34. The molecule has 0 radical (unpaired) electrons. The Labute approximate surface area is 96.0 Å². The van der Waals surface area contributed by atoms with E-state index in [9.17, 15) is 4.79 Å². The van der Waals surface area contributed by atoms with Crippen molar-refractivity contribution in [3.05, 3.63) is 35.9 Å². The third kappa shape index (κ3) is 2.61. The molecule has 1 unspecified atom stereocenters. The molecule has 0 aliphatic carbocycles. The summed E-state index contributed by atoms with van der Waals surface area (Å²) >= 11 is 0. The summed E-state index contributed by atoms with van der Waals surface area (Å²) < 4.78 is 5.21. The molecule has 3 nitrogen and oxygen atoms in total. The Morgan fingerprint density at radius 2 is 1.81 bits per heavy atom. The molecule has 1 aliphatic rings. The van der Waals surface area contributed by atoms with Crippen molar-refractivity contribution < 1.29 is 9.53 Å². The maximum Gasteiger partial charge on any atom is 0.294 e. The van der Waals surface area contributed by atoms with Crippen molar-refractivity contribution in [1.82, 2.24) is 4.90 Å². The van der Waals surface area contributed by atoms with Gasteiger partial charge < -0.3 is 4.74 Å². The third-order valence-electron chi connectivity index (χ3n) is 2.99. The quantitative estimate of drug-likeness (QED) is 0.728. The highest BCUT2D eigenvalue weighted by molar-refractivity contribution is 5.38. The van der Waals surface area contributed by atoms with Crippen LogP contribution in [0.5, 0.6) is 0 Å². The summed E-state index contributed by atoms with van der Waals surface area (Å²) in [6.07, 6.45) is 3.44. The van der Waals surface area contributed by atoms with Crippen molar-refractivity contribution >= 4 is 6.47 Å². The van der Waals surface area contributed by atoms with Crippen LogP contribution < -0.4 is 0 Å². The van der Waals surface area contributed by atoms with Crippen LogP contribution in [0.25, 0.3) is 0 Å². The summed E-state index contributed by atoms with van der Waals surface area (Å²) in [5.41, 5.74) is 1.05. The van der Waals surface area contributed by atoms with Gasteiger partial charge in [-0.15, -0.1) is 0 Å². The van der Waals surface area contributed by atoms with E-state index in [1.165, 1.54) is 19.3 Å². The summed E-state index contributed by atoms with van der Waals surface area (Å²) in [6, 6.07) is 9.92. The molecular formula is C13H17NO2. The summed E-state index contributed by atoms with van der Waals surface area (Å²) in [6.45, 7) is 2.56. The largest absolute Gasteiger partial charge is 0.444 e. The number of likely N-dealkylation sites (tertiary alicyclic amines) is 1. The molecule has 1 saturated heterocycles. The molecule has 1 aliphatic heterocycles. The fourth-order valence-corrected chi connectivity index (χ4v) is 2.20. The third-order valence-corrected chi connectivity index (χ3v) is 2.99. The van der Waals surface area contributed by atoms with E-state index in [0.717, 1.165) is 18.7 Å². The molecule has 3 heteroatoms. The number of benzene rings is 1. The highest BCUT2D eigenvalue weighted by atomic mass is 16.5. The zero-order valence-electron chi connectivity index (χ0n) is 9.34. The molecule has 2 rings (SSSR count). The fourth-order valence-electron chi connectivity index (χ4n) is 2.20. The van der Waals surface area contributed by atoms with Gasteiger partial charge in [0, 0.05) is 18.7 Å². The minimum absolute atomic E-state index is 0.209. The molecule has 1 fully saturated rings. The molecule has 16 heavy (non-hydrogen) atoms. The Hall–Kier alpha value is -1.35. The molecule has 1 heterocycles. The topological polar surface area (TPSA) is 29.5 Å². The SMILES string of the molecule is O=COC(c1ccccc1)N1CCCCC1. The maximum absolute atomic E-state index is 10.6. The lowest BCUT2D eigenvalue weighted by molar-refractivity contribution is -0.145. The highest BCUT2D eigenvalue weighted by Crippen LogP contribution is 2.24. The van der Waals surface area contributed by atoms with E-state index in [-0.39, 0.29) is 6.23 Å². The second kappa shape index (κ2) is 5.66. The summed E-state index contributed by atoms with van der Waals surface area (Å²) in [5, 5.41) is 0. The Balaban J connectivity index is 2.12. The van der Waals surface area contributed by atoms with Crippen molar-refractivity contribution in [2.24, 2.45) is 0 Å². The second-order valence-electron chi connectivity index (χ2n) is 4.09. The lowest BCUT2D eigenvalue weighted by Gasteiger charge is -2.33. The average Bonchev–Trinajstić information content (AvgIpc) is 2.38. The smallest absolute Gasteiger partial charge is 0.294 e. The van der Waals surface area contributed by atoms with Gasteiger partial charge >= 0.3 is 0 Å². The van der Waals surface area contributed by atoms with Gasteiger partial charge in [0.15, 0.2) is 6.23 Å². The van der Waals surface area contributed by atoms with Crippen molar-refractivity contribution in [2.45, 2.75) is 25.5 Å². The van der Waals surface area contributed by atoms with Crippen molar-refractivity contribution in [2.75, 3.05) is 13.1 Å². The Kier molecular flexibility index (Phi) is 3.94. The van der Waals surface area contributed by atoms with Crippen LogP contribution in [0, 0.1) is 0 Å². The van der Waals surface area contributed by atoms with Crippen LogP contribution in [0.1, 0.15) is 31.1 Å². The van der Waals surface area contributed by atoms with Crippen LogP contribution in [-0.2, 0) is 9.53 Å². The van der Waals surface area contributed by atoms with Gasteiger partial charge in [0.05, 0.1) is 0 Å². The number of hydrogen-bond acceptors (Lipinski definition) is 3. The van der Waals surface area contributed by atoms with Crippen molar-refractivity contribution in [3.8, 4) is 0 Å². The number of hydrogen-bond donors (Lipinski definition) is 0. The molecule has 0 spiro atoms. The first-order valence-electron chi connectivity index (χ1n) is 5.80. The first-order chi connectivity index (χ1) is 7.92. The monoisotopic (exact) mass is 219 g/mol. The lowest BCUT2D eigenvalue weighted by atomic mass is 10.1. The van der Waals surface area contributed by atoms with Gasteiger partial charge in [0.2, 0.25) is 0 Å². The molecule has 0 saturated carbocycles. The van der Waals surface area contributed by atoms with E-state index < -0.39 is 0 Å². The molecule has 1 aromatic carbocycles. The van der Waals surface area contributed by atoms with E-state index in [1.807, 2.05) is 30.3 Å². The average molecular weight is 219 g/mol. The van der Waals surface area contributed by atoms with Gasteiger partial charge in [-0.05, 0) is 12.8 Å². The number of carbonyl (C=O) groups is 1. The molecule has 0 bridgehead atoms. The predicted octanol–water partition coefficient (Wildman–Crippen LogP) is 2.34. The van der Waals surface area contributed by atoms with Crippen LogP contribution in [0.4, 0.5) is 0 Å². The number of nitrogens with zero attached hydrogens (tertiary/aromatic N) is 1. The van der Waals surface area contributed by atoms with Gasteiger partial charge in [0.25, 0.3) is 6.47 Å². The Bertz CT molecular complexity index is 320. The number of ether oxygens (including phenoxy) is 1. The van der Waals surface area contributed by atoms with Crippen LogP contribution in [0.3, 0.4) is 0 Å². The van der Waals surface area contributed by atoms with E-state index >= 15 is 0 Å². The van der Waals surface area contributed by atoms with Gasteiger partial charge in [0.1, 0.15) is 0 Å². The summed E-state index contributed by atoms with van der Waals surface area (Å²) in [5.74, 6) is 0. The highest BCUT2D eigenvalue weighted by Gasteiger charge is 2.22. The van der Waals surface area contributed by atoms with Crippen LogP contribution in [0.15, 0.2) is 30.3 Å². The van der Waals surface area contributed by atoms with E-state index in [2.05, 4.69) is 4.90 Å². The molecule has 86 valence electrons. The molecule has 0 N–H and O–H groups in total. The summed E-state index contributed by atoms with van der Waals surface area (Å²) in [4.78, 5) is 12.8. The number of piperidine rings is 1. The number of carbonyl (C=O) groups excluding carboxylic acids is 1. The van der Waals surface area contributed by atoms with E-state index in [1.54, 1.807) is 0 Å². The first kappa shape index (κ1) is 11.1. The van der Waals surface area contributed by atoms with Crippen LogP contribution in [-0.4, -0.2) is 24.5 Å². The van der Waals surface area contributed by atoms with Crippen LogP contribution in [0.2, 0.25) is 0 Å². The molecule has 0 amide bonds. The van der Waals surface area contributed by atoms with E-state index in [0.29, 0.717) is 6.47 Å². The first-order valence-corrected chi connectivity index (χ1v) is 5.80.